The number of anilines is 1. The fourth-order valence-corrected chi connectivity index (χ4v) is 2.99. The van der Waals surface area contributed by atoms with Gasteiger partial charge in [0.05, 0.1) is 18.9 Å². The highest BCUT2D eigenvalue weighted by Gasteiger charge is 2.08. The minimum absolute atomic E-state index is 0.568. The van der Waals surface area contributed by atoms with Gasteiger partial charge in [-0.15, -0.1) is 11.3 Å². The second-order valence-corrected chi connectivity index (χ2v) is 6.67. The summed E-state index contributed by atoms with van der Waals surface area (Å²) in [6.07, 6.45) is 1.87. The second kappa shape index (κ2) is 8.53. The average Bonchev–Trinajstić information content (AvgIpc) is 3.06. The molecule has 5 heteroatoms. The van der Waals surface area contributed by atoms with Crippen molar-refractivity contribution in [1.82, 2.24) is 4.98 Å². The van der Waals surface area contributed by atoms with E-state index >= 15 is 0 Å². The van der Waals surface area contributed by atoms with Crippen LogP contribution in [-0.2, 0) is 0 Å². The van der Waals surface area contributed by atoms with Gasteiger partial charge in [0.25, 0.3) is 0 Å². The lowest BCUT2D eigenvalue weighted by atomic mass is 10.1. The summed E-state index contributed by atoms with van der Waals surface area (Å²) in [4.78, 5) is 4.34. The zero-order valence-electron chi connectivity index (χ0n) is 14.3. The van der Waals surface area contributed by atoms with Crippen LogP contribution in [0.5, 0.6) is 11.5 Å². The third-order valence-electron chi connectivity index (χ3n) is 3.77. The van der Waals surface area contributed by atoms with Crippen molar-refractivity contribution in [3.05, 3.63) is 59.5 Å². The monoisotopic (exact) mass is 354 g/mol. The quantitative estimate of drug-likeness (QED) is 0.582. The predicted octanol–water partition coefficient (Wildman–Crippen LogP) is 4.94. The van der Waals surface area contributed by atoms with Crippen molar-refractivity contribution < 1.29 is 9.47 Å². The molecule has 0 saturated heterocycles. The van der Waals surface area contributed by atoms with Gasteiger partial charge in [0, 0.05) is 10.9 Å². The lowest BCUT2D eigenvalue weighted by Crippen LogP contribution is -2.03. The highest BCUT2D eigenvalue weighted by molar-refractivity contribution is 7.13. The molecule has 0 bridgehead atoms. The molecule has 0 amide bonds. The molecule has 0 radical (unpaired) electrons. The molecule has 0 atom stereocenters. The minimum atomic E-state index is 0.568. The second-order valence-electron chi connectivity index (χ2n) is 5.78. The van der Waals surface area contributed by atoms with E-state index in [4.69, 9.17) is 15.2 Å². The standard InChI is InChI=1S/C20H22N2O2S/c1-15-8-10-16(11-9-15)23-12-4-5-13-24-19-7-3-2-6-17(19)18-14-25-20(21)22-18/h2-3,6-11,14H,4-5,12-13H2,1H3,(H2,21,22). The van der Waals surface area contributed by atoms with Crippen LogP contribution < -0.4 is 15.2 Å². The molecule has 0 aliphatic heterocycles. The molecule has 0 aliphatic rings. The van der Waals surface area contributed by atoms with Gasteiger partial charge in [-0.3, -0.25) is 0 Å². The van der Waals surface area contributed by atoms with E-state index in [1.54, 1.807) is 0 Å². The largest absolute Gasteiger partial charge is 0.494 e. The summed E-state index contributed by atoms with van der Waals surface area (Å²) < 4.78 is 11.7. The number of hydrogen-bond donors (Lipinski definition) is 1. The molecule has 0 spiro atoms. The number of aromatic nitrogens is 1. The molecule has 0 unspecified atom stereocenters. The smallest absolute Gasteiger partial charge is 0.180 e. The molecular formula is C20H22N2O2S. The molecule has 2 aromatic carbocycles. The lowest BCUT2D eigenvalue weighted by molar-refractivity contribution is 0.267. The van der Waals surface area contributed by atoms with Gasteiger partial charge in [-0.05, 0) is 44.0 Å². The summed E-state index contributed by atoms with van der Waals surface area (Å²) >= 11 is 1.44. The molecule has 0 aliphatic carbocycles. The fourth-order valence-electron chi connectivity index (χ4n) is 2.43. The van der Waals surface area contributed by atoms with Crippen molar-refractivity contribution in [3.63, 3.8) is 0 Å². The van der Waals surface area contributed by atoms with E-state index in [-0.39, 0.29) is 0 Å². The SMILES string of the molecule is Cc1ccc(OCCCCOc2ccccc2-c2csc(N)n2)cc1. The molecule has 1 heterocycles. The molecule has 130 valence electrons. The third kappa shape index (κ3) is 4.97. The summed E-state index contributed by atoms with van der Waals surface area (Å²) in [5.41, 5.74) is 8.81. The molecule has 3 rings (SSSR count). The van der Waals surface area contributed by atoms with Crippen molar-refractivity contribution in [3.8, 4) is 22.8 Å². The number of thiazole rings is 1. The number of para-hydroxylation sites is 1. The Bertz CT molecular complexity index is 799. The first-order valence-electron chi connectivity index (χ1n) is 8.35. The van der Waals surface area contributed by atoms with Crippen molar-refractivity contribution in [2.45, 2.75) is 19.8 Å². The summed E-state index contributed by atoms with van der Waals surface area (Å²) in [6.45, 7) is 3.41. The Morgan fingerprint density at radius 3 is 2.40 bits per heavy atom. The summed E-state index contributed by atoms with van der Waals surface area (Å²) in [6, 6.07) is 16.0. The van der Waals surface area contributed by atoms with Gasteiger partial charge in [-0.25, -0.2) is 4.98 Å². The van der Waals surface area contributed by atoms with E-state index in [0.29, 0.717) is 18.3 Å². The molecule has 0 fully saturated rings. The van der Waals surface area contributed by atoms with E-state index in [1.165, 1.54) is 16.9 Å². The van der Waals surface area contributed by atoms with Crippen LogP contribution in [0.15, 0.2) is 53.9 Å². The van der Waals surface area contributed by atoms with Crippen LogP contribution in [0.2, 0.25) is 0 Å². The van der Waals surface area contributed by atoms with Crippen LogP contribution in [0.1, 0.15) is 18.4 Å². The van der Waals surface area contributed by atoms with Gasteiger partial charge in [-0.2, -0.15) is 0 Å². The highest BCUT2D eigenvalue weighted by Crippen LogP contribution is 2.31. The Labute approximate surface area is 152 Å². The maximum absolute atomic E-state index is 5.94. The number of nitrogens with zero attached hydrogens (tertiary/aromatic N) is 1. The maximum Gasteiger partial charge on any atom is 0.180 e. The number of ether oxygens (including phenoxy) is 2. The molecule has 4 nitrogen and oxygen atoms in total. The number of rotatable bonds is 8. The maximum atomic E-state index is 5.94. The van der Waals surface area contributed by atoms with Crippen LogP contribution in [0.3, 0.4) is 0 Å². The van der Waals surface area contributed by atoms with Crippen LogP contribution in [0.4, 0.5) is 5.13 Å². The van der Waals surface area contributed by atoms with Crippen LogP contribution in [0.25, 0.3) is 11.3 Å². The molecule has 3 aromatic rings. The number of aryl methyl sites for hydroxylation is 1. The molecule has 25 heavy (non-hydrogen) atoms. The Kier molecular flexibility index (Phi) is 5.90. The lowest BCUT2D eigenvalue weighted by Gasteiger charge is -2.10. The molecule has 0 saturated carbocycles. The van der Waals surface area contributed by atoms with Crippen molar-refractivity contribution in [2.24, 2.45) is 0 Å². The normalized spacial score (nSPS) is 10.6. The van der Waals surface area contributed by atoms with Crippen molar-refractivity contribution >= 4 is 16.5 Å². The van der Waals surface area contributed by atoms with E-state index < -0.39 is 0 Å². The first-order chi connectivity index (χ1) is 12.2. The van der Waals surface area contributed by atoms with Gasteiger partial charge >= 0.3 is 0 Å². The molecular weight excluding hydrogens is 332 g/mol. The number of unbranched alkanes of at least 4 members (excludes halogenated alkanes) is 1. The van der Waals surface area contributed by atoms with Gasteiger partial charge in [0.2, 0.25) is 0 Å². The van der Waals surface area contributed by atoms with Gasteiger partial charge in [-0.1, -0.05) is 29.8 Å². The Morgan fingerprint density at radius 2 is 1.68 bits per heavy atom. The highest BCUT2D eigenvalue weighted by atomic mass is 32.1. The topological polar surface area (TPSA) is 57.4 Å². The summed E-state index contributed by atoms with van der Waals surface area (Å²) in [5.74, 6) is 1.75. The number of hydrogen-bond acceptors (Lipinski definition) is 5. The summed E-state index contributed by atoms with van der Waals surface area (Å²) in [5, 5.41) is 2.52. The van der Waals surface area contributed by atoms with Crippen LogP contribution in [-0.4, -0.2) is 18.2 Å². The first kappa shape index (κ1) is 17.3. The van der Waals surface area contributed by atoms with E-state index in [1.807, 2.05) is 41.8 Å². The summed E-state index contributed by atoms with van der Waals surface area (Å²) in [7, 11) is 0. The predicted molar refractivity (Wildman–Crippen MR) is 103 cm³/mol. The van der Waals surface area contributed by atoms with Crippen molar-refractivity contribution in [1.29, 1.82) is 0 Å². The Morgan fingerprint density at radius 1 is 0.960 bits per heavy atom. The average molecular weight is 354 g/mol. The van der Waals surface area contributed by atoms with Crippen LogP contribution >= 0.6 is 11.3 Å². The zero-order chi connectivity index (χ0) is 17.5. The van der Waals surface area contributed by atoms with E-state index in [0.717, 1.165) is 35.6 Å². The Balaban J connectivity index is 1.44. The molecule has 1 aromatic heterocycles. The minimum Gasteiger partial charge on any atom is -0.494 e. The van der Waals surface area contributed by atoms with Gasteiger partial charge < -0.3 is 15.2 Å². The van der Waals surface area contributed by atoms with Gasteiger partial charge in [0.1, 0.15) is 11.5 Å². The zero-order valence-corrected chi connectivity index (χ0v) is 15.1. The van der Waals surface area contributed by atoms with Crippen LogP contribution in [0, 0.1) is 6.92 Å². The first-order valence-corrected chi connectivity index (χ1v) is 9.23. The van der Waals surface area contributed by atoms with E-state index in [9.17, 15) is 0 Å². The third-order valence-corrected chi connectivity index (χ3v) is 4.44. The van der Waals surface area contributed by atoms with Gasteiger partial charge in [0.15, 0.2) is 5.13 Å². The fraction of sp³-hybridized carbons (Fsp3) is 0.250. The number of benzene rings is 2. The number of nitrogens with two attached hydrogens (primary N) is 1. The number of nitrogen functional groups attached to an aromatic ring is 1. The van der Waals surface area contributed by atoms with E-state index in [2.05, 4.69) is 24.0 Å². The Hall–Kier alpha value is -2.53. The molecule has 2 N–H and O–H groups in total. The van der Waals surface area contributed by atoms with Crippen molar-refractivity contribution in [2.75, 3.05) is 18.9 Å².